The van der Waals surface area contributed by atoms with Gasteiger partial charge in [0.15, 0.2) is 0 Å². The molecule has 2 fully saturated rings. The van der Waals surface area contributed by atoms with E-state index < -0.39 is 27.4 Å². The Labute approximate surface area is 152 Å². The fourth-order valence-electron chi connectivity index (χ4n) is 3.48. The van der Waals surface area contributed by atoms with Gasteiger partial charge < -0.3 is 10.2 Å². The number of nitrogens with one attached hydrogen (secondary N) is 1. The summed E-state index contributed by atoms with van der Waals surface area (Å²) in [6.45, 7) is 4.18. The van der Waals surface area contributed by atoms with Crippen LogP contribution in [0.15, 0.2) is 29.2 Å². The van der Waals surface area contributed by atoms with E-state index in [1.807, 2.05) is 0 Å². The third-order valence-corrected chi connectivity index (χ3v) is 6.95. The number of halogens is 1. The molecule has 2 saturated heterocycles. The molecule has 0 spiro atoms. The monoisotopic (exact) mass is 383 g/mol. The number of hydrogen-bond acceptors (Lipinski definition) is 4. The molecule has 1 aromatic carbocycles. The van der Waals surface area contributed by atoms with Crippen molar-refractivity contribution in [1.82, 2.24) is 14.5 Å². The lowest BCUT2D eigenvalue weighted by atomic mass is 9.97. The Morgan fingerprint density at radius 2 is 1.88 bits per heavy atom. The molecule has 3 rings (SSSR count). The quantitative estimate of drug-likeness (QED) is 0.833. The van der Waals surface area contributed by atoms with Crippen LogP contribution in [0.3, 0.4) is 0 Å². The fraction of sp³-hybridized carbons (Fsp3) is 0.529. The van der Waals surface area contributed by atoms with Crippen molar-refractivity contribution in [2.45, 2.75) is 43.2 Å². The highest BCUT2D eigenvalue weighted by Crippen LogP contribution is 2.30. The standard InChI is InChI=1S/C17H22FN3O4S/c1-17(2)16(23)19-9-11-20(17)15(22)14-4-3-10-21(14)26(24,25)13-7-5-12(18)6-8-13/h5-8,14H,3-4,9-11H2,1-2H3,(H,19,23). The summed E-state index contributed by atoms with van der Waals surface area (Å²) in [5.74, 6) is -1.16. The molecule has 2 heterocycles. The summed E-state index contributed by atoms with van der Waals surface area (Å²) in [6, 6.07) is 3.71. The normalized spacial score (nSPS) is 23.7. The summed E-state index contributed by atoms with van der Waals surface area (Å²) >= 11 is 0. The van der Waals surface area contributed by atoms with Gasteiger partial charge in [0, 0.05) is 19.6 Å². The molecule has 1 aromatic rings. The number of benzene rings is 1. The maximum absolute atomic E-state index is 13.1. The Morgan fingerprint density at radius 3 is 2.54 bits per heavy atom. The van der Waals surface area contributed by atoms with E-state index in [1.165, 1.54) is 21.3 Å². The van der Waals surface area contributed by atoms with E-state index in [2.05, 4.69) is 5.32 Å². The molecule has 0 aliphatic carbocycles. The molecule has 1 atom stereocenters. The van der Waals surface area contributed by atoms with Crippen LogP contribution in [0.5, 0.6) is 0 Å². The molecule has 1 unspecified atom stereocenters. The minimum atomic E-state index is -3.92. The van der Waals surface area contributed by atoms with Gasteiger partial charge in [-0.05, 0) is 51.0 Å². The topological polar surface area (TPSA) is 86.8 Å². The van der Waals surface area contributed by atoms with Crippen molar-refractivity contribution in [2.75, 3.05) is 19.6 Å². The maximum atomic E-state index is 13.1. The van der Waals surface area contributed by atoms with Crippen molar-refractivity contribution in [2.24, 2.45) is 0 Å². The van der Waals surface area contributed by atoms with E-state index in [0.717, 1.165) is 12.1 Å². The Bertz CT molecular complexity index is 823. The van der Waals surface area contributed by atoms with Gasteiger partial charge in [0.2, 0.25) is 21.8 Å². The van der Waals surface area contributed by atoms with E-state index in [9.17, 15) is 22.4 Å². The van der Waals surface area contributed by atoms with Crippen molar-refractivity contribution in [3.63, 3.8) is 0 Å². The highest BCUT2D eigenvalue weighted by molar-refractivity contribution is 7.89. The molecule has 0 saturated carbocycles. The van der Waals surface area contributed by atoms with Gasteiger partial charge in [0.1, 0.15) is 17.4 Å². The molecule has 2 aliphatic heterocycles. The van der Waals surface area contributed by atoms with E-state index in [-0.39, 0.29) is 23.3 Å². The van der Waals surface area contributed by atoms with Crippen LogP contribution in [0.25, 0.3) is 0 Å². The minimum absolute atomic E-state index is 0.0470. The van der Waals surface area contributed by atoms with E-state index >= 15 is 0 Å². The van der Waals surface area contributed by atoms with Crippen molar-refractivity contribution in [3.8, 4) is 0 Å². The first-order valence-electron chi connectivity index (χ1n) is 8.53. The summed E-state index contributed by atoms with van der Waals surface area (Å²) in [4.78, 5) is 26.6. The minimum Gasteiger partial charge on any atom is -0.352 e. The lowest BCUT2D eigenvalue weighted by Crippen LogP contribution is -2.65. The first-order valence-corrected chi connectivity index (χ1v) is 9.97. The number of nitrogens with zero attached hydrogens (tertiary/aromatic N) is 2. The average Bonchev–Trinajstić information content (AvgIpc) is 3.08. The molecule has 0 bridgehead atoms. The fourth-order valence-corrected chi connectivity index (χ4v) is 5.13. The van der Waals surface area contributed by atoms with Gasteiger partial charge in [-0.2, -0.15) is 4.31 Å². The predicted molar refractivity (Wildman–Crippen MR) is 92.1 cm³/mol. The van der Waals surface area contributed by atoms with Gasteiger partial charge in [-0.15, -0.1) is 0 Å². The number of amides is 2. The Balaban J connectivity index is 1.89. The maximum Gasteiger partial charge on any atom is 0.245 e. The van der Waals surface area contributed by atoms with Gasteiger partial charge in [0.05, 0.1) is 4.90 Å². The number of rotatable bonds is 3. The molecule has 7 nitrogen and oxygen atoms in total. The van der Waals surface area contributed by atoms with Gasteiger partial charge in [-0.3, -0.25) is 9.59 Å². The van der Waals surface area contributed by atoms with E-state index in [4.69, 9.17) is 0 Å². The molecule has 2 aliphatic rings. The zero-order chi connectivity index (χ0) is 19.1. The van der Waals surface area contributed by atoms with Gasteiger partial charge >= 0.3 is 0 Å². The Hall–Kier alpha value is -2.00. The van der Waals surface area contributed by atoms with Crippen molar-refractivity contribution in [1.29, 1.82) is 0 Å². The summed E-state index contributed by atoms with van der Waals surface area (Å²) < 4.78 is 40.1. The summed E-state index contributed by atoms with van der Waals surface area (Å²) in [7, 11) is -3.92. The van der Waals surface area contributed by atoms with Crippen molar-refractivity contribution in [3.05, 3.63) is 30.1 Å². The third-order valence-electron chi connectivity index (χ3n) is 5.03. The zero-order valence-corrected chi connectivity index (χ0v) is 15.6. The molecule has 26 heavy (non-hydrogen) atoms. The summed E-state index contributed by atoms with van der Waals surface area (Å²) in [6.07, 6.45) is 0.949. The second-order valence-electron chi connectivity index (χ2n) is 7.03. The highest BCUT2D eigenvalue weighted by atomic mass is 32.2. The van der Waals surface area contributed by atoms with Crippen LogP contribution in [0, 0.1) is 5.82 Å². The second kappa shape index (κ2) is 6.62. The summed E-state index contributed by atoms with van der Waals surface area (Å²) in [5, 5.41) is 2.72. The Morgan fingerprint density at radius 1 is 1.23 bits per heavy atom. The van der Waals surface area contributed by atoms with E-state index in [0.29, 0.717) is 25.9 Å². The smallest absolute Gasteiger partial charge is 0.245 e. The van der Waals surface area contributed by atoms with Gasteiger partial charge in [0.25, 0.3) is 0 Å². The first-order chi connectivity index (χ1) is 12.2. The third kappa shape index (κ3) is 3.09. The number of sulfonamides is 1. The molecular formula is C17H22FN3O4S. The molecule has 1 N–H and O–H groups in total. The number of hydrogen-bond donors (Lipinski definition) is 1. The van der Waals surface area contributed by atoms with Gasteiger partial charge in [-0.1, -0.05) is 0 Å². The molecule has 9 heteroatoms. The summed E-state index contributed by atoms with van der Waals surface area (Å²) in [5.41, 5.74) is -1.04. The largest absolute Gasteiger partial charge is 0.352 e. The number of carbonyl (C=O) groups is 2. The van der Waals surface area contributed by atoms with Crippen LogP contribution in [-0.4, -0.2) is 60.7 Å². The highest BCUT2D eigenvalue weighted by Gasteiger charge is 2.47. The second-order valence-corrected chi connectivity index (χ2v) is 8.92. The van der Waals surface area contributed by atoms with Crippen LogP contribution in [0.4, 0.5) is 4.39 Å². The molecule has 2 amide bonds. The van der Waals surface area contributed by atoms with E-state index in [1.54, 1.807) is 13.8 Å². The van der Waals surface area contributed by atoms with Crippen LogP contribution >= 0.6 is 0 Å². The van der Waals surface area contributed by atoms with Crippen LogP contribution < -0.4 is 5.32 Å². The van der Waals surface area contributed by atoms with Gasteiger partial charge in [-0.25, -0.2) is 12.8 Å². The average molecular weight is 383 g/mol. The number of piperazine rings is 1. The molecule has 0 aromatic heterocycles. The van der Waals surface area contributed by atoms with Crippen LogP contribution in [0.2, 0.25) is 0 Å². The van der Waals surface area contributed by atoms with Crippen molar-refractivity contribution < 1.29 is 22.4 Å². The lowest BCUT2D eigenvalue weighted by molar-refractivity contribution is -0.151. The first kappa shape index (κ1) is 18.8. The zero-order valence-electron chi connectivity index (χ0n) is 14.7. The SMILES string of the molecule is CC1(C)C(=O)NCCN1C(=O)C1CCCN1S(=O)(=O)c1ccc(F)cc1. The van der Waals surface area contributed by atoms with Crippen LogP contribution in [-0.2, 0) is 19.6 Å². The molecular weight excluding hydrogens is 361 g/mol. The van der Waals surface area contributed by atoms with Crippen LogP contribution in [0.1, 0.15) is 26.7 Å². The van der Waals surface area contributed by atoms with Crippen molar-refractivity contribution >= 4 is 21.8 Å². The lowest BCUT2D eigenvalue weighted by Gasteiger charge is -2.43. The number of carbonyl (C=O) groups excluding carboxylic acids is 2. The molecule has 0 radical (unpaired) electrons. The predicted octanol–water partition coefficient (Wildman–Crippen LogP) is 0.716. The Kier molecular flexibility index (Phi) is 4.78. The molecule has 142 valence electrons.